The van der Waals surface area contributed by atoms with E-state index in [-0.39, 0.29) is 0 Å². The molecule has 0 amide bonds. The van der Waals surface area contributed by atoms with Gasteiger partial charge in [-0.15, -0.1) is 0 Å². The van der Waals surface area contributed by atoms with E-state index in [1.54, 1.807) is 14.2 Å². The number of benzene rings is 2. The molecule has 1 unspecified atom stereocenters. The number of rotatable bonds is 4. The largest absolute Gasteiger partial charge is 0.497 e. The Balaban J connectivity index is 1.84. The quantitative estimate of drug-likeness (QED) is 0.786. The summed E-state index contributed by atoms with van der Waals surface area (Å²) in [5.41, 5.74) is 0.646. The van der Waals surface area contributed by atoms with Crippen LogP contribution < -0.4 is 14.4 Å². The molecule has 28 heavy (non-hydrogen) atoms. The second-order valence-corrected chi connectivity index (χ2v) is 7.76. The molecule has 4 rings (SSSR count). The minimum absolute atomic E-state index is 0.424. The van der Waals surface area contributed by atoms with Crippen molar-refractivity contribution in [2.45, 2.75) is 31.4 Å². The lowest BCUT2D eigenvalue weighted by Gasteiger charge is -2.24. The van der Waals surface area contributed by atoms with Crippen molar-refractivity contribution in [3.8, 4) is 11.5 Å². The lowest BCUT2D eigenvalue weighted by Crippen LogP contribution is -2.41. The second kappa shape index (κ2) is 7.64. The third-order valence-corrected chi connectivity index (χ3v) is 5.97. The summed E-state index contributed by atoms with van der Waals surface area (Å²) in [5, 5.41) is 12.5. The van der Waals surface area contributed by atoms with Gasteiger partial charge in [-0.05, 0) is 43.5 Å². The number of nitrogens with zero attached hydrogens (tertiary/aromatic N) is 2. The maximum Gasteiger partial charge on any atom is 0.271 e. The van der Waals surface area contributed by atoms with Gasteiger partial charge in [-0.2, -0.15) is 0 Å². The van der Waals surface area contributed by atoms with Crippen molar-refractivity contribution in [2.24, 2.45) is 0 Å². The summed E-state index contributed by atoms with van der Waals surface area (Å²) in [6, 6.07) is 13.3. The van der Waals surface area contributed by atoms with E-state index in [0.717, 1.165) is 60.8 Å². The van der Waals surface area contributed by atoms with Gasteiger partial charge in [0, 0.05) is 23.1 Å². The predicted molar refractivity (Wildman–Crippen MR) is 111 cm³/mol. The van der Waals surface area contributed by atoms with Crippen LogP contribution >= 0.6 is 11.6 Å². The van der Waals surface area contributed by atoms with Crippen molar-refractivity contribution in [1.82, 2.24) is 0 Å². The summed E-state index contributed by atoms with van der Waals surface area (Å²) in [7, 11) is 3.33. The van der Waals surface area contributed by atoms with Crippen LogP contribution in [0.1, 0.15) is 31.2 Å². The standard InChI is InChI=1S/C22H26ClN2O3/c1-27-18-11-12-20(28-2)19(14-18)24-15-22(26,16-7-9-17(23)10-8-16)25-13-5-3-4-6-21(24)25/h7-12,14,26H,3-6,13,15H2,1-2H3/q+1. The number of β-amino-alcohol motifs (C(OH)–C–C–N with tert-alkyl or cyclic N) is 1. The number of aliphatic hydroxyl groups is 1. The van der Waals surface area contributed by atoms with Gasteiger partial charge in [-0.25, -0.2) is 9.48 Å². The van der Waals surface area contributed by atoms with E-state index >= 15 is 0 Å². The Bertz CT molecular complexity index is 897. The zero-order valence-electron chi connectivity index (χ0n) is 16.3. The number of ether oxygens (including phenoxy) is 2. The summed E-state index contributed by atoms with van der Waals surface area (Å²) in [6.45, 7) is 1.24. The molecular formula is C22H26ClN2O3+. The molecule has 2 aliphatic heterocycles. The SMILES string of the molecule is COc1ccc(OC)c(N2CC(O)(c3ccc(Cl)cc3)[N+]3=C2CCCCC3)c1. The van der Waals surface area contributed by atoms with Crippen molar-refractivity contribution < 1.29 is 19.2 Å². The van der Waals surface area contributed by atoms with Crippen LogP contribution in [0.25, 0.3) is 0 Å². The first kappa shape index (κ1) is 19.1. The van der Waals surface area contributed by atoms with Gasteiger partial charge >= 0.3 is 0 Å². The van der Waals surface area contributed by atoms with E-state index in [9.17, 15) is 5.11 Å². The zero-order chi connectivity index (χ0) is 19.7. The predicted octanol–water partition coefficient (Wildman–Crippen LogP) is 4.01. The van der Waals surface area contributed by atoms with E-state index in [2.05, 4.69) is 9.48 Å². The first-order chi connectivity index (χ1) is 13.6. The second-order valence-electron chi connectivity index (χ2n) is 7.33. The average molecular weight is 402 g/mol. The number of hydrogen-bond donors (Lipinski definition) is 1. The highest BCUT2D eigenvalue weighted by Crippen LogP contribution is 2.40. The van der Waals surface area contributed by atoms with Crippen molar-refractivity contribution in [3.63, 3.8) is 0 Å². The molecule has 0 saturated heterocycles. The summed E-state index contributed by atoms with van der Waals surface area (Å²) in [6.07, 6.45) is 4.23. The summed E-state index contributed by atoms with van der Waals surface area (Å²) < 4.78 is 13.2. The molecule has 0 fully saturated rings. The van der Waals surface area contributed by atoms with Crippen LogP contribution in [-0.4, -0.2) is 42.8 Å². The van der Waals surface area contributed by atoms with E-state index in [0.29, 0.717) is 11.6 Å². The Morgan fingerprint density at radius 1 is 1.04 bits per heavy atom. The first-order valence-electron chi connectivity index (χ1n) is 9.68. The smallest absolute Gasteiger partial charge is 0.271 e. The average Bonchev–Trinajstić information content (AvgIpc) is 2.87. The molecule has 2 aliphatic rings. The third kappa shape index (κ3) is 3.23. The lowest BCUT2D eigenvalue weighted by molar-refractivity contribution is -0.658. The van der Waals surface area contributed by atoms with Crippen molar-refractivity contribution >= 4 is 23.1 Å². The molecular weight excluding hydrogens is 376 g/mol. The molecule has 1 atom stereocenters. The Labute approximate surface area is 170 Å². The molecule has 6 heteroatoms. The summed E-state index contributed by atoms with van der Waals surface area (Å²) in [4.78, 5) is 2.18. The lowest BCUT2D eigenvalue weighted by atomic mass is 10.0. The van der Waals surface area contributed by atoms with E-state index < -0.39 is 5.72 Å². The summed E-state index contributed by atoms with van der Waals surface area (Å²) >= 11 is 6.08. The maximum atomic E-state index is 11.8. The summed E-state index contributed by atoms with van der Waals surface area (Å²) in [5.74, 6) is 2.65. The van der Waals surface area contributed by atoms with Gasteiger partial charge in [0.1, 0.15) is 5.75 Å². The van der Waals surface area contributed by atoms with Crippen LogP contribution in [0.3, 0.4) is 0 Å². The van der Waals surface area contributed by atoms with Crippen molar-refractivity contribution in [2.75, 3.05) is 32.2 Å². The van der Waals surface area contributed by atoms with Gasteiger partial charge in [-0.3, -0.25) is 0 Å². The van der Waals surface area contributed by atoms with Gasteiger partial charge in [0.05, 0.1) is 20.8 Å². The minimum atomic E-state index is -1.11. The molecule has 5 nitrogen and oxygen atoms in total. The fraction of sp³-hybridized carbons (Fsp3) is 0.409. The molecule has 2 aromatic carbocycles. The zero-order valence-corrected chi connectivity index (χ0v) is 17.1. The molecule has 148 valence electrons. The van der Waals surface area contributed by atoms with Crippen LogP contribution in [0.5, 0.6) is 11.5 Å². The molecule has 0 aromatic heterocycles. The fourth-order valence-corrected chi connectivity index (χ4v) is 4.39. The molecule has 0 saturated carbocycles. The fourth-order valence-electron chi connectivity index (χ4n) is 4.27. The van der Waals surface area contributed by atoms with Crippen LogP contribution in [-0.2, 0) is 5.72 Å². The number of amidine groups is 1. The van der Waals surface area contributed by atoms with Crippen molar-refractivity contribution in [3.05, 3.63) is 53.1 Å². The molecule has 0 spiro atoms. The molecule has 2 aromatic rings. The van der Waals surface area contributed by atoms with Gasteiger partial charge in [0.2, 0.25) is 0 Å². The number of halogens is 1. The maximum absolute atomic E-state index is 11.8. The number of anilines is 1. The molecule has 1 N–H and O–H groups in total. The Morgan fingerprint density at radius 2 is 1.82 bits per heavy atom. The van der Waals surface area contributed by atoms with E-state index in [1.165, 1.54) is 0 Å². The first-order valence-corrected chi connectivity index (χ1v) is 10.1. The number of hydrogen-bond acceptors (Lipinski definition) is 4. The van der Waals surface area contributed by atoms with Gasteiger partial charge < -0.3 is 14.6 Å². The van der Waals surface area contributed by atoms with Crippen LogP contribution in [0, 0.1) is 0 Å². The molecule has 0 radical (unpaired) electrons. The van der Waals surface area contributed by atoms with Crippen LogP contribution in [0.4, 0.5) is 5.69 Å². The van der Waals surface area contributed by atoms with Crippen LogP contribution in [0.2, 0.25) is 5.02 Å². The Morgan fingerprint density at radius 3 is 2.54 bits per heavy atom. The van der Waals surface area contributed by atoms with E-state index in [4.69, 9.17) is 21.1 Å². The highest BCUT2D eigenvalue weighted by Gasteiger charge is 2.52. The molecule has 0 bridgehead atoms. The highest BCUT2D eigenvalue weighted by molar-refractivity contribution is 6.30. The van der Waals surface area contributed by atoms with E-state index in [1.807, 2.05) is 42.5 Å². The monoisotopic (exact) mass is 401 g/mol. The Hall–Kier alpha value is -2.24. The van der Waals surface area contributed by atoms with Gasteiger partial charge in [0.15, 0.2) is 18.0 Å². The molecule has 2 heterocycles. The normalized spacial score (nSPS) is 22.1. The number of methoxy groups -OCH3 is 2. The van der Waals surface area contributed by atoms with Gasteiger partial charge in [-0.1, -0.05) is 23.7 Å². The third-order valence-electron chi connectivity index (χ3n) is 5.71. The molecule has 0 aliphatic carbocycles. The Kier molecular flexibility index (Phi) is 5.21. The minimum Gasteiger partial charge on any atom is -0.497 e. The topological polar surface area (TPSA) is 44.9 Å². The van der Waals surface area contributed by atoms with Gasteiger partial charge in [0.25, 0.3) is 11.6 Å². The highest BCUT2D eigenvalue weighted by atomic mass is 35.5. The van der Waals surface area contributed by atoms with Crippen molar-refractivity contribution in [1.29, 1.82) is 0 Å². The van der Waals surface area contributed by atoms with Crippen LogP contribution in [0.15, 0.2) is 42.5 Å².